The third-order valence-electron chi connectivity index (χ3n) is 3.03. The Bertz CT molecular complexity index is 994. The molecule has 0 aliphatic heterocycles. The zero-order valence-corrected chi connectivity index (χ0v) is 16.0. The first-order valence-electron chi connectivity index (χ1n) is 7.56. The van der Waals surface area contributed by atoms with E-state index in [2.05, 4.69) is 30.6 Å². The average Bonchev–Trinajstić information content (AvgIpc) is 3.05. The van der Waals surface area contributed by atoms with Gasteiger partial charge in [-0.3, -0.25) is 15.2 Å². The average molecular weight is 453 g/mol. The Morgan fingerprint density at radius 2 is 2.03 bits per heavy atom. The van der Waals surface area contributed by atoms with Gasteiger partial charge in [-0.15, -0.1) is 0 Å². The van der Waals surface area contributed by atoms with E-state index in [4.69, 9.17) is 10.5 Å². The summed E-state index contributed by atoms with van der Waals surface area (Å²) in [5.74, 6) is -1.80. The first-order chi connectivity index (χ1) is 13.5. The monoisotopic (exact) mass is 453 g/mol. The lowest BCUT2D eigenvalue weighted by molar-refractivity contribution is -0.137. The van der Waals surface area contributed by atoms with Crippen LogP contribution in [0, 0.1) is 5.41 Å². The normalized spacial score (nSPS) is 11.9. The van der Waals surface area contributed by atoms with Gasteiger partial charge in [-0.2, -0.15) is 13.2 Å². The first-order valence-corrected chi connectivity index (χ1v) is 10.3. The second kappa shape index (κ2) is 9.19. The van der Waals surface area contributed by atoms with Gasteiger partial charge >= 0.3 is 6.18 Å². The van der Waals surface area contributed by atoms with E-state index in [1.165, 1.54) is 0 Å². The van der Waals surface area contributed by atoms with Crippen molar-refractivity contribution in [2.45, 2.75) is 11.2 Å². The molecule has 0 aromatic carbocycles. The molecule has 0 saturated heterocycles. The van der Waals surface area contributed by atoms with Crippen LogP contribution in [0.3, 0.4) is 0 Å². The van der Waals surface area contributed by atoms with E-state index in [1.807, 2.05) is 0 Å². The highest BCUT2D eigenvalue weighted by Gasteiger charge is 2.31. The second-order valence-electron chi connectivity index (χ2n) is 5.38. The molecule has 0 aliphatic rings. The summed E-state index contributed by atoms with van der Waals surface area (Å²) < 4.78 is 64.3. The number of nitrogens with two attached hydrogens (primary N) is 1. The minimum Gasteiger partial charge on any atom is -0.354 e. The van der Waals surface area contributed by atoms with Gasteiger partial charge in [-0.05, 0) is 16.4 Å². The molecule has 2 aromatic rings. The lowest BCUT2D eigenvalue weighted by Gasteiger charge is -2.10. The molecule has 5 N–H and O–H groups in total. The van der Waals surface area contributed by atoms with Crippen molar-refractivity contribution in [2.24, 2.45) is 5.14 Å². The summed E-state index contributed by atoms with van der Waals surface area (Å²) in [5.41, 5.74) is -1.14. The molecule has 16 heteroatoms. The highest BCUT2D eigenvalue weighted by molar-refractivity contribution is 7.99. The van der Waals surface area contributed by atoms with Crippen molar-refractivity contribution in [1.82, 2.24) is 20.6 Å². The Balaban J connectivity index is 1.92. The molecule has 0 saturated carbocycles. The Kier molecular flexibility index (Phi) is 7.15. The number of hydrogen-bond donors (Lipinski definition) is 4. The molecule has 0 aliphatic carbocycles. The van der Waals surface area contributed by atoms with Crippen molar-refractivity contribution in [3.05, 3.63) is 29.7 Å². The number of alkyl halides is 3. The Morgan fingerprint density at radius 1 is 1.31 bits per heavy atom. The number of anilines is 1. The number of carbonyl (C=O) groups excluding carboxylic acids is 1. The maximum atomic E-state index is 12.7. The predicted molar refractivity (Wildman–Crippen MR) is 95.7 cm³/mol. The number of hydrogen-bond acceptors (Lipinski definition) is 9. The summed E-state index contributed by atoms with van der Waals surface area (Å²) in [6, 6.07) is 0.781. The summed E-state index contributed by atoms with van der Waals surface area (Å²) in [5, 5.41) is 24.7. The number of amides is 1. The summed E-state index contributed by atoms with van der Waals surface area (Å²) >= 11 is 1.02. The number of nitrogens with zero attached hydrogens (tertiary/aromatic N) is 3. The first kappa shape index (κ1) is 22.6. The van der Waals surface area contributed by atoms with Crippen molar-refractivity contribution in [1.29, 1.82) is 5.41 Å². The van der Waals surface area contributed by atoms with Gasteiger partial charge < -0.3 is 10.6 Å². The van der Waals surface area contributed by atoms with Crippen LogP contribution in [0.4, 0.5) is 18.9 Å². The lowest BCUT2D eigenvalue weighted by Crippen LogP contribution is -2.34. The Morgan fingerprint density at radius 3 is 2.69 bits per heavy atom. The number of amidine groups is 1. The van der Waals surface area contributed by atoms with E-state index in [0.717, 1.165) is 24.0 Å². The molecule has 0 atom stereocenters. The highest BCUT2D eigenvalue weighted by atomic mass is 32.2. The predicted octanol–water partition coefficient (Wildman–Crippen LogP) is 0.418. The molecule has 2 heterocycles. The highest BCUT2D eigenvalue weighted by Crippen LogP contribution is 2.30. The zero-order valence-electron chi connectivity index (χ0n) is 14.4. The lowest BCUT2D eigenvalue weighted by atomic mass is 10.2. The van der Waals surface area contributed by atoms with Gasteiger partial charge in [-0.1, -0.05) is 11.8 Å². The fourth-order valence-electron chi connectivity index (χ4n) is 1.87. The van der Waals surface area contributed by atoms with E-state index < -0.39 is 33.4 Å². The summed E-state index contributed by atoms with van der Waals surface area (Å²) in [6.45, 7) is 0.0592. The van der Waals surface area contributed by atoms with Crippen LogP contribution >= 0.6 is 11.8 Å². The van der Waals surface area contributed by atoms with Crippen molar-refractivity contribution in [3.63, 3.8) is 0 Å². The number of aromatic nitrogens is 3. The standard InChI is InChI=1S/C13H14F3N7O4S2/c14-13(15,16)7-3-8(5-19-4-7)21-11(17)10-12(23-27-22-10)28-2-1-20-9(24)6-29(18,25)26/h3-5H,1-2,6H2,(H2,17,21)(H,20,24)(H2,18,25,26). The van der Waals surface area contributed by atoms with Gasteiger partial charge in [-0.25, -0.2) is 18.2 Å². The number of halogens is 3. The van der Waals surface area contributed by atoms with Crippen molar-refractivity contribution >= 4 is 39.2 Å². The smallest absolute Gasteiger partial charge is 0.354 e. The van der Waals surface area contributed by atoms with Gasteiger partial charge in [0.1, 0.15) is 5.75 Å². The molecule has 0 spiro atoms. The van der Waals surface area contributed by atoms with Gasteiger partial charge in [0.2, 0.25) is 15.9 Å². The zero-order chi connectivity index (χ0) is 21.7. The van der Waals surface area contributed by atoms with Crippen molar-refractivity contribution < 1.29 is 31.0 Å². The molecular formula is C13H14F3N7O4S2. The number of pyridine rings is 1. The Labute approximate surface area is 166 Å². The molecule has 1 amide bonds. The van der Waals surface area contributed by atoms with Crippen LogP contribution in [-0.4, -0.2) is 53.5 Å². The van der Waals surface area contributed by atoms with Crippen LogP contribution in [0.2, 0.25) is 0 Å². The van der Waals surface area contributed by atoms with Crippen molar-refractivity contribution in [2.75, 3.05) is 23.4 Å². The quantitative estimate of drug-likeness (QED) is 0.191. The number of primary sulfonamides is 1. The molecule has 0 unspecified atom stereocenters. The molecule has 0 bridgehead atoms. The molecule has 11 nitrogen and oxygen atoms in total. The van der Waals surface area contributed by atoms with Crippen LogP contribution in [0.25, 0.3) is 0 Å². The van der Waals surface area contributed by atoms with Gasteiger partial charge in [0.05, 0.1) is 17.4 Å². The second-order valence-corrected chi connectivity index (χ2v) is 8.08. The number of sulfonamides is 1. The van der Waals surface area contributed by atoms with Crippen molar-refractivity contribution in [3.8, 4) is 0 Å². The summed E-state index contributed by atoms with van der Waals surface area (Å²) in [7, 11) is -3.93. The van der Waals surface area contributed by atoms with E-state index in [-0.39, 0.29) is 34.5 Å². The van der Waals surface area contributed by atoms with Crippen LogP contribution in [-0.2, 0) is 21.0 Å². The minimum absolute atomic E-state index is 0.0592. The molecule has 2 rings (SSSR count). The molecule has 0 radical (unpaired) electrons. The number of rotatable bonds is 8. The topological polar surface area (TPSA) is 177 Å². The summed E-state index contributed by atoms with van der Waals surface area (Å²) in [6.07, 6.45) is -2.83. The minimum atomic E-state index is -4.59. The molecular weight excluding hydrogens is 439 g/mol. The molecule has 29 heavy (non-hydrogen) atoms. The SMILES string of the molecule is N=C(Nc1cncc(C(F)(F)F)c1)c1nonc1SCCNC(=O)CS(N)(=O)=O. The third kappa shape index (κ3) is 7.31. The van der Waals surface area contributed by atoms with Gasteiger partial charge in [0.25, 0.3) is 0 Å². The molecule has 0 fully saturated rings. The number of carbonyl (C=O) groups is 1. The summed E-state index contributed by atoms with van der Waals surface area (Å²) in [4.78, 5) is 14.8. The third-order valence-corrected chi connectivity index (χ3v) is 4.64. The largest absolute Gasteiger partial charge is 0.417 e. The fraction of sp³-hybridized carbons (Fsp3) is 0.308. The van der Waals surface area contributed by atoms with Gasteiger partial charge in [0, 0.05) is 18.5 Å². The maximum Gasteiger partial charge on any atom is 0.417 e. The Hall–Kier alpha value is -2.72. The number of nitrogens with one attached hydrogen (secondary N) is 3. The van der Waals surface area contributed by atoms with Crippen LogP contribution < -0.4 is 15.8 Å². The van der Waals surface area contributed by atoms with E-state index >= 15 is 0 Å². The molecule has 2 aromatic heterocycles. The molecule has 158 valence electrons. The van der Waals surface area contributed by atoms with Crippen LogP contribution in [0.15, 0.2) is 28.1 Å². The van der Waals surface area contributed by atoms with E-state index in [9.17, 15) is 26.4 Å². The van der Waals surface area contributed by atoms with Crippen LogP contribution in [0.5, 0.6) is 0 Å². The number of thioether (sulfide) groups is 1. The van der Waals surface area contributed by atoms with Gasteiger partial charge in [0.15, 0.2) is 16.6 Å². The maximum absolute atomic E-state index is 12.7. The van der Waals surface area contributed by atoms with Crippen LogP contribution in [0.1, 0.15) is 11.3 Å². The van der Waals surface area contributed by atoms with E-state index in [1.54, 1.807) is 0 Å². The van der Waals surface area contributed by atoms with E-state index in [0.29, 0.717) is 6.20 Å². The fourth-order valence-corrected chi connectivity index (χ4v) is 3.09.